The van der Waals surface area contributed by atoms with Crippen LogP contribution in [-0.2, 0) is 5.72 Å². The van der Waals surface area contributed by atoms with Crippen molar-refractivity contribution in [3.05, 3.63) is 60.2 Å². The minimum atomic E-state index is -0.971. The molecule has 0 fully saturated rings. The molecule has 2 aromatic carbocycles. The van der Waals surface area contributed by atoms with Crippen molar-refractivity contribution in [3.8, 4) is 5.75 Å². The van der Waals surface area contributed by atoms with E-state index in [4.69, 9.17) is 4.74 Å². The van der Waals surface area contributed by atoms with Gasteiger partial charge in [0.05, 0.1) is 13.7 Å². The molecule has 0 radical (unpaired) electrons. The maximum Gasteiger partial charge on any atom is 0.271 e. The van der Waals surface area contributed by atoms with Gasteiger partial charge < -0.3 is 26.8 Å². The van der Waals surface area contributed by atoms with E-state index in [-0.39, 0.29) is 17.0 Å². The Balaban J connectivity index is 0.00000196. The monoisotopic (exact) mass is 416 g/mol. The Kier molecular flexibility index (Phi) is 5.68. The fraction of sp³-hybridized carbons (Fsp3) is 0.381. The summed E-state index contributed by atoms with van der Waals surface area (Å²) in [5, 5.41) is 11.7. The number of β-amino-alcohol motifs (C(OH)–C–C–N with tert-alkyl or cyclic N) is 1. The lowest BCUT2D eigenvalue weighted by Crippen LogP contribution is -3.00. The minimum absolute atomic E-state index is 0. The van der Waals surface area contributed by atoms with E-state index in [9.17, 15) is 5.11 Å². The van der Waals surface area contributed by atoms with Crippen molar-refractivity contribution in [2.45, 2.75) is 31.4 Å². The molecule has 0 aliphatic carbocycles. The van der Waals surface area contributed by atoms with Crippen molar-refractivity contribution in [2.24, 2.45) is 0 Å². The third-order valence-corrected chi connectivity index (χ3v) is 5.35. The zero-order valence-corrected chi connectivity index (χ0v) is 16.7. The predicted molar refractivity (Wildman–Crippen MR) is 99.3 cm³/mol. The third-order valence-electron chi connectivity index (χ3n) is 5.35. The van der Waals surface area contributed by atoms with E-state index in [0.29, 0.717) is 6.54 Å². The van der Waals surface area contributed by atoms with Crippen LogP contribution in [0.3, 0.4) is 0 Å². The van der Waals surface area contributed by atoms with Crippen LogP contribution < -0.4 is 26.6 Å². The number of halogens is 1. The second-order valence-corrected chi connectivity index (χ2v) is 6.85. The van der Waals surface area contributed by atoms with Crippen LogP contribution in [0.25, 0.3) is 0 Å². The molecule has 4 rings (SSSR count). The van der Waals surface area contributed by atoms with E-state index in [1.807, 2.05) is 42.5 Å². The smallest absolute Gasteiger partial charge is 0.271 e. The SMILES string of the molecule is COc1ccc(N2CC(O)(c3ccccc3)[N+]3=C2CCCCC3)cc1.[Br-]. The Morgan fingerprint density at radius 3 is 2.42 bits per heavy atom. The summed E-state index contributed by atoms with van der Waals surface area (Å²) < 4.78 is 7.51. The predicted octanol–water partition coefficient (Wildman–Crippen LogP) is 0.349. The summed E-state index contributed by atoms with van der Waals surface area (Å²) >= 11 is 0. The Morgan fingerprint density at radius 1 is 1.00 bits per heavy atom. The number of ether oxygens (including phenoxy) is 1. The second-order valence-electron chi connectivity index (χ2n) is 6.85. The average Bonchev–Trinajstić information content (AvgIpc) is 2.82. The summed E-state index contributed by atoms with van der Waals surface area (Å²) in [7, 11) is 1.68. The molecule has 5 heteroatoms. The van der Waals surface area contributed by atoms with Crippen LogP contribution in [0.4, 0.5) is 5.69 Å². The summed E-state index contributed by atoms with van der Waals surface area (Å²) in [6, 6.07) is 18.2. The summed E-state index contributed by atoms with van der Waals surface area (Å²) in [5.41, 5.74) is 1.10. The highest BCUT2D eigenvalue weighted by Gasteiger charge is 2.51. The Hall–Kier alpha value is -1.85. The molecule has 0 amide bonds. The Labute approximate surface area is 165 Å². The molecule has 2 aliphatic heterocycles. The molecule has 4 nitrogen and oxygen atoms in total. The number of methoxy groups -OCH3 is 1. The molecule has 2 aliphatic rings. The van der Waals surface area contributed by atoms with Gasteiger partial charge in [-0.2, -0.15) is 0 Å². The highest BCUT2D eigenvalue weighted by atomic mass is 79.9. The first kappa shape index (κ1) is 18.9. The second kappa shape index (κ2) is 7.80. The lowest BCUT2D eigenvalue weighted by Gasteiger charge is -2.23. The molecule has 0 spiro atoms. The summed E-state index contributed by atoms with van der Waals surface area (Å²) in [6.45, 7) is 1.45. The van der Waals surface area contributed by atoms with Crippen LogP contribution in [0, 0.1) is 0 Å². The molecule has 138 valence electrons. The molecule has 0 bridgehead atoms. The first-order valence-corrected chi connectivity index (χ1v) is 9.05. The number of aliphatic hydroxyl groups is 1. The topological polar surface area (TPSA) is 35.7 Å². The van der Waals surface area contributed by atoms with Crippen molar-refractivity contribution in [2.75, 3.05) is 25.1 Å². The summed E-state index contributed by atoms with van der Waals surface area (Å²) in [5.74, 6) is 2.08. The summed E-state index contributed by atoms with van der Waals surface area (Å²) in [6.07, 6.45) is 4.50. The first-order valence-electron chi connectivity index (χ1n) is 9.05. The molecule has 1 atom stereocenters. The number of nitrogens with zero attached hydrogens (tertiary/aromatic N) is 2. The van der Waals surface area contributed by atoms with Gasteiger partial charge in [-0.15, -0.1) is 0 Å². The van der Waals surface area contributed by atoms with E-state index >= 15 is 0 Å². The van der Waals surface area contributed by atoms with Crippen molar-refractivity contribution in [1.82, 2.24) is 0 Å². The number of rotatable bonds is 3. The largest absolute Gasteiger partial charge is 1.00 e. The van der Waals surface area contributed by atoms with Crippen molar-refractivity contribution in [3.63, 3.8) is 0 Å². The van der Waals surface area contributed by atoms with Gasteiger partial charge in [0.25, 0.3) is 11.6 Å². The van der Waals surface area contributed by atoms with E-state index in [1.165, 1.54) is 18.7 Å². The van der Waals surface area contributed by atoms with Crippen LogP contribution in [0.5, 0.6) is 5.75 Å². The van der Waals surface area contributed by atoms with Gasteiger partial charge >= 0.3 is 0 Å². The molecule has 1 unspecified atom stereocenters. The highest BCUT2D eigenvalue weighted by Crippen LogP contribution is 2.35. The van der Waals surface area contributed by atoms with Gasteiger partial charge in [0.15, 0.2) is 6.54 Å². The molecular weight excluding hydrogens is 392 g/mol. The number of hydrogen-bond acceptors (Lipinski definition) is 3. The van der Waals surface area contributed by atoms with Crippen molar-refractivity contribution in [1.29, 1.82) is 0 Å². The molecule has 1 N–H and O–H groups in total. The van der Waals surface area contributed by atoms with E-state index in [1.54, 1.807) is 7.11 Å². The van der Waals surface area contributed by atoms with Crippen LogP contribution in [0.15, 0.2) is 54.6 Å². The van der Waals surface area contributed by atoms with Gasteiger partial charge in [-0.05, 0) is 43.5 Å². The third kappa shape index (κ3) is 3.26. The zero-order valence-electron chi connectivity index (χ0n) is 15.1. The van der Waals surface area contributed by atoms with E-state index in [0.717, 1.165) is 36.4 Å². The standard InChI is InChI=1S/C21H25N2O2.BrH/c1-25-19-13-11-18(12-14-19)22-16-21(24,17-8-4-2-5-9-17)23-15-7-3-6-10-20(22)23;/h2,4-5,8-9,11-14,24H,3,6-7,10,15-16H2,1H3;1H/q+1;/p-1. The van der Waals surface area contributed by atoms with Gasteiger partial charge in [-0.3, -0.25) is 0 Å². The molecule has 0 aromatic heterocycles. The Morgan fingerprint density at radius 2 is 1.73 bits per heavy atom. The summed E-state index contributed by atoms with van der Waals surface area (Å²) in [4.78, 5) is 2.28. The van der Waals surface area contributed by atoms with Crippen LogP contribution >= 0.6 is 0 Å². The maximum atomic E-state index is 11.7. The van der Waals surface area contributed by atoms with Gasteiger partial charge in [0.2, 0.25) is 0 Å². The molecule has 0 saturated carbocycles. The van der Waals surface area contributed by atoms with E-state index < -0.39 is 5.72 Å². The van der Waals surface area contributed by atoms with Gasteiger partial charge in [0.1, 0.15) is 11.4 Å². The molecule has 2 heterocycles. The Bertz CT molecular complexity index is 776. The number of anilines is 1. The van der Waals surface area contributed by atoms with Crippen molar-refractivity contribution < 1.29 is 31.4 Å². The van der Waals surface area contributed by atoms with Crippen LogP contribution in [0.2, 0.25) is 0 Å². The fourth-order valence-corrected chi connectivity index (χ4v) is 4.02. The number of hydrogen-bond donors (Lipinski definition) is 1. The molecule has 2 aromatic rings. The molecule has 26 heavy (non-hydrogen) atoms. The average molecular weight is 417 g/mol. The van der Waals surface area contributed by atoms with Crippen LogP contribution in [-0.4, -0.2) is 35.7 Å². The van der Waals surface area contributed by atoms with Crippen LogP contribution in [0.1, 0.15) is 31.2 Å². The fourth-order valence-electron chi connectivity index (χ4n) is 4.02. The quantitative estimate of drug-likeness (QED) is 0.733. The normalized spacial score (nSPS) is 22.5. The lowest BCUT2D eigenvalue weighted by atomic mass is 10.0. The lowest BCUT2D eigenvalue weighted by molar-refractivity contribution is -0.658. The maximum absolute atomic E-state index is 11.7. The van der Waals surface area contributed by atoms with E-state index in [2.05, 4.69) is 21.6 Å². The number of amidine groups is 1. The van der Waals surface area contributed by atoms with Gasteiger partial charge in [0, 0.05) is 12.0 Å². The zero-order chi connectivity index (χ0) is 17.3. The van der Waals surface area contributed by atoms with Gasteiger partial charge in [-0.25, -0.2) is 9.48 Å². The molecular formula is C21H25BrN2O2. The minimum Gasteiger partial charge on any atom is -1.00 e. The number of benzene rings is 2. The van der Waals surface area contributed by atoms with Crippen molar-refractivity contribution >= 4 is 11.5 Å². The highest BCUT2D eigenvalue weighted by molar-refractivity contribution is 5.95. The first-order chi connectivity index (χ1) is 12.2. The molecule has 0 saturated heterocycles. The van der Waals surface area contributed by atoms with Gasteiger partial charge in [-0.1, -0.05) is 30.3 Å².